The third-order valence-corrected chi connectivity index (χ3v) is 5.67. The van der Waals surface area contributed by atoms with Crippen LogP contribution in [0.2, 0.25) is 0 Å². The molecule has 0 saturated carbocycles. The van der Waals surface area contributed by atoms with Gasteiger partial charge < -0.3 is 10.0 Å². The fraction of sp³-hybridized carbons (Fsp3) is 0.462. The van der Waals surface area contributed by atoms with Crippen LogP contribution in [-0.2, 0) is 16.4 Å². The van der Waals surface area contributed by atoms with E-state index in [4.69, 9.17) is 5.11 Å². The predicted molar refractivity (Wildman–Crippen MR) is 79.5 cm³/mol. The maximum absolute atomic E-state index is 12.6. The molecule has 1 N–H and O–H groups in total. The van der Waals surface area contributed by atoms with Crippen molar-refractivity contribution in [3.63, 3.8) is 0 Å². The number of nitro groups is 1. The monoisotopic (exact) mass is 330 g/mol. The number of hydrogen-bond donors (Lipinski definition) is 1. The maximum Gasteiger partial charge on any atom is 0.407 e. The zero-order chi connectivity index (χ0) is 17.3. The van der Waals surface area contributed by atoms with Gasteiger partial charge in [-0.3, -0.25) is 10.1 Å². The quantitative estimate of drug-likeness (QED) is 0.668. The molecule has 1 aromatic carbocycles. The number of nitrogens with zero attached hydrogens (tertiary/aromatic N) is 2. The fourth-order valence-corrected chi connectivity index (χ4v) is 3.09. The van der Waals surface area contributed by atoms with Gasteiger partial charge in [-0.25, -0.2) is 13.2 Å². The SMILES string of the molecule is CN(Cc1cc([N+](=O)[O-])ccc1S(=O)(=O)C(C)(C)C)C(=O)O. The average molecular weight is 330 g/mol. The molecule has 0 aliphatic carbocycles. The molecule has 0 bridgehead atoms. The van der Waals surface area contributed by atoms with E-state index in [0.29, 0.717) is 0 Å². The first-order chi connectivity index (χ1) is 9.87. The molecule has 8 nitrogen and oxygen atoms in total. The van der Waals surface area contributed by atoms with Crippen LogP contribution in [0.3, 0.4) is 0 Å². The molecule has 0 saturated heterocycles. The Morgan fingerprint density at radius 2 is 1.91 bits per heavy atom. The molecule has 0 aromatic heterocycles. The molecular weight excluding hydrogens is 312 g/mol. The summed E-state index contributed by atoms with van der Waals surface area (Å²) in [5, 5.41) is 19.8. The average Bonchev–Trinajstić information content (AvgIpc) is 2.36. The lowest BCUT2D eigenvalue weighted by molar-refractivity contribution is -0.385. The highest BCUT2D eigenvalue weighted by Gasteiger charge is 2.33. The zero-order valence-electron chi connectivity index (χ0n) is 12.7. The Morgan fingerprint density at radius 1 is 1.36 bits per heavy atom. The van der Waals surface area contributed by atoms with Gasteiger partial charge in [0.05, 0.1) is 21.1 Å². The smallest absolute Gasteiger partial charge is 0.407 e. The number of carbonyl (C=O) groups is 1. The van der Waals surface area contributed by atoms with Gasteiger partial charge >= 0.3 is 6.09 Å². The van der Waals surface area contributed by atoms with Crippen LogP contribution in [0.5, 0.6) is 0 Å². The summed E-state index contributed by atoms with van der Waals surface area (Å²) in [6.45, 7) is 4.26. The first-order valence-corrected chi connectivity index (χ1v) is 7.82. The molecule has 0 unspecified atom stereocenters. The van der Waals surface area contributed by atoms with E-state index >= 15 is 0 Å². The van der Waals surface area contributed by atoms with Gasteiger partial charge in [-0.15, -0.1) is 0 Å². The number of non-ortho nitro benzene ring substituents is 1. The summed E-state index contributed by atoms with van der Waals surface area (Å²) in [5.41, 5.74) is -0.212. The largest absolute Gasteiger partial charge is 0.465 e. The van der Waals surface area contributed by atoms with Gasteiger partial charge in [0.25, 0.3) is 5.69 Å². The van der Waals surface area contributed by atoms with Crippen LogP contribution in [0.1, 0.15) is 26.3 Å². The number of nitro benzene ring substituents is 1. The normalized spacial score (nSPS) is 12.0. The van der Waals surface area contributed by atoms with Crippen molar-refractivity contribution in [1.82, 2.24) is 4.90 Å². The summed E-state index contributed by atoms with van der Waals surface area (Å²) in [7, 11) is -2.50. The van der Waals surface area contributed by atoms with Gasteiger partial charge in [0, 0.05) is 19.2 Å². The number of rotatable bonds is 4. The molecule has 122 valence electrons. The van der Waals surface area contributed by atoms with E-state index in [0.717, 1.165) is 23.1 Å². The zero-order valence-corrected chi connectivity index (χ0v) is 13.5. The number of amides is 1. The van der Waals surface area contributed by atoms with E-state index in [-0.39, 0.29) is 22.7 Å². The lowest BCUT2D eigenvalue weighted by Crippen LogP contribution is -2.30. The minimum atomic E-state index is -3.76. The van der Waals surface area contributed by atoms with Gasteiger partial charge in [0.15, 0.2) is 9.84 Å². The van der Waals surface area contributed by atoms with Crippen molar-refractivity contribution in [3.05, 3.63) is 33.9 Å². The van der Waals surface area contributed by atoms with E-state index in [2.05, 4.69) is 0 Å². The van der Waals surface area contributed by atoms with E-state index in [1.165, 1.54) is 27.8 Å². The summed E-state index contributed by atoms with van der Waals surface area (Å²) >= 11 is 0. The highest BCUT2D eigenvalue weighted by Crippen LogP contribution is 2.30. The molecule has 1 aromatic rings. The van der Waals surface area contributed by atoms with Crippen LogP contribution in [-0.4, -0.2) is 41.2 Å². The van der Waals surface area contributed by atoms with Gasteiger partial charge in [-0.2, -0.15) is 0 Å². The maximum atomic E-state index is 12.6. The first-order valence-electron chi connectivity index (χ1n) is 6.34. The van der Waals surface area contributed by atoms with Crippen LogP contribution in [0.25, 0.3) is 0 Å². The van der Waals surface area contributed by atoms with Crippen molar-refractivity contribution in [1.29, 1.82) is 0 Å². The Labute approximate surface area is 128 Å². The second kappa shape index (κ2) is 5.91. The van der Waals surface area contributed by atoms with Crippen LogP contribution < -0.4 is 0 Å². The molecule has 1 rings (SSSR count). The highest BCUT2D eigenvalue weighted by atomic mass is 32.2. The van der Waals surface area contributed by atoms with E-state index in [1.807, 2.05) is 0 Å². The van der Waals surface area contributed by atoms with Crippen molar-refractivity contribution in [3.8, 4) is 0 Å². The topological polar surface area (TPSA) is 118 Å². The molecular formula is C13H18N2O6S. The second-order valence-electron chi connectivity index (χ2n) is 5.80. The van der Waals surface area contributed by atoms with Gasteiger partial charge in [0.2, 0.25) is 0 Å². The number of benzene rings is 1. The molecule has 0 atom stereocenters. The Kier molecular flexibility index (Phi) is 4.81. The van der Waals surface area contributed by atoms with Gasteiger partial charge in [-0.05, 0) is 32.4 Å². The van der Waals surface area contributed by atoms with Crippen LogP contribution in [0.4, 0.5) is 10.5 Å². The van der Waals surface area contributed by atoms with Gasteiger partial charge in [-0.1, -0.05) is 0 Å². The minimum Gasteiger partial charge on any atom is -0.465 e. The summed E-state index contributed by atoms with van der Waals surface area (Å²) < 4.78 is 24.0. The molecule has 22 heavy (non-hydrogen) atoms. The third kappa shape index (κ3) is 3.53. The lowest BCUT2D eigenvalue weighted by Gasteiger charge is -2.22. The van der Waals surface area contributed by atoms with Crippen molar-refractivity contribution in [2.45, 2.75) is 37.0 Å². The third-order valence-electron chi connectivity index (χ3n) is 3.08. The van der Waals surface area contributed by atoms with Crippen molar-refractivity contribution >= 4 is 21.6 Å². The lowest BCUT2D eigenvalue weighted by atomic mass is 10.2. The number of hydrogen-bond acceptors (Lipinski definition) is 5. The van der Waals surface area contributed by atoms with E-state index < -0.39 is 25.6 Å². The molecule has 0 spiro atoms. The van der Waals surface area contributed by atoms with Gasteiger partial charge in [0.1, 0.15) is 0 Å². The number of carboxylic acid groups (broad SMARTS) is 1. The fourth-order valence-electron chi connectivity index (χ4n) is 1.72. The van der Waals surface area contributed by atoms with Crippen LogP contribution in [0.15, 0.2) is 23.1 Å². The highest BCUT2D eigenvalue weighted by molar-refractivity contribution is 7.92. The first kappa shape index (κ1) is 17.9. The summed E-state index contributed by atoms with van der Waals surface area (Å²) in [6, 6.07) is 3.35. The summed E-state index contributed by atoms with van der Waals surface area (Å²) in [5.74, 6) is 0. The molecule has 0 fully saturated rings. The Hall–Kier alpha value is -2.16. The summed E-state index contributed by atoms with van der Waals surface area (Å²) in [6.07, 6.45) is -1.26. The van der Waals surface area contributed by atoms with E-state index in [9.17, 15) is 23.3 Å². The Balaban J connectivity index is 3.52. The summed E-state index contributed by atoms with van der Waals surface area (Å²) in [4.78, 5) is 21.9. The Morgan fingerprint density at radius 3 is 2.32 bits per heavy atom. The molecule has 0 radical (unpaired) electrons. The molecule has 0 aliphatic rings. The van der Waals surface area contributed by atoms with Crippen molar-refractivity contribution in [2.24, 2.45) is 0 Å². The van der Waals surface area contributed by atoms with Crippen molar-refractivity contribution < 1.29 is 23.2 Å². The minimum absolute atomic E-state index is 0.0778. The van der Waals surface area contributed by atoms with Crippen molar-refractivity contribution in [2.75, 3.05) is 7.05 Å². The van der Waals surface area contributed by atoms with E-state index in [1.54, 1.807) is 0 Å². The van der Waals surface area contributed by atoms with Crippen LogP contribution >= 0.6 is 0 Å². The van der Waals surface area contributed by atoms with Crippen LogP contribution in [0, 0.1) is 10.1 Å². The second-order valence-corrected chi connectivity index (χ2v) is 8.48. The standard InChI is InChI=1S/C13H18N2O6S/c1-13(2,3)22(20,21)11-6-5-10(15(18)19)7-9(11)8-14(4)12(16)17/h5-7H,8H2,1-4H3,(H,16,17). The molecule has 1 amide bonds. The molecule has 0 heterocycles. The number of sulfone groups is 1. The molecule has 9 heteroatoms. The Bertz CT molecular complexity index is 706. The predicted octanol–water partition coefficient (Wildman–Crippen LogP) is 2.28. The molecule has 0 aliphatic heterocycles.